The van der Waals surface area contributed by atoms with Crippen molar-refractivity contribution in [2.75, 3.05) is 19.0 Å². The molecule has 0 bridgehead atoms. The zero-order chi connectivity index (χ0) is 16.7. The third kappa shape index (κ3) is 5.05. The molecule has 1 heterocycles. The van der Waals surface area contributed by atoms with Crippen molar-refractivity contribution >= 4 is 29.1 Å². The highest BCUT2D eigenvalue weighted by Gasteiger charge is 2.12. The number of carbonyl (C=O) groups excluding carboxylic acids is 2. The van der Waals surface area contributed by atoms with E-state index < -0.39 is 0 Å². The molecule has 0 aliphatic rings. The van der Waals surface area contributed by atoms with Gasteiger partial charge < -0.3 is 15.4 Å². The topological polar surface area (TPSA) is 80.3 Å². The Morgan fingerprint density at radius 2 is 2.09 bits per heavy atom. The number of halogens is 1. The molecule has 2 rings (SSSR count). The van der Waals surface area contributed by atoms with E-state index in [1.807, 2.05) is 12.1 Å². The van der Waals surface area contributed by atoms with Crippen molar-refractivity contribution in [3.05, 3.63) is 58.9 Å². The van der Waals surface area contributed by atoms with E-state index in [1.54, 1.807) is 24.4 Å². The number of anilines is 1. The molecule has 0 aliphatic carbocycles. The normalized spacial score (nSPS) is 10.2. The Morgan fingerprint density at radius 3 is 2.74 bits per heavy atom. The van der Waals surface area contributed by atoms with Crippen LogP contribution in [0.1, 0.15) is 16.1 Å². The summed E-state index contributed by atoms with van der Waals surface area (Å²) in [5.74, 6) is -0.605. The molecule has 2 N–H and O–H groups in total. The third-order valence-corrected chi connectivity index (χ3v) is 3.24. The van der Waals surface area contributed by atoms with E-state index in [4.69, 9.17) is 16.3 Å². The van der Waals surface area contributed by atoms with Crippen LogP contribution in [0.15, 0.2) is 42.6 Å². The molecule has 0 radical (unpaired) electrons. The minimum Gasteiger partial charge on any atom is -0.375 e. The lowest BCUT2D eigenvalue weighted by Gasteiger charge is -2.09. The van der Waals surface area contributed by atoms with Crippen LogP contribution in [0.3, 0.4) is 0 Å². The van der Waals surface area contributed by atoms with E-state index in [2.05, 4.69) is 15.6 Å². The van der Waals surface area contributed by atoms with Crippen molar-refractivity contribution in [1.29, 1.82) is 0 Å². The number of nitrogens with one attached hydrogen (secondary N) is 2. The number of pyridine rings is 1. The molecule has 0 saturated carbocycles. The number of ether oxygens (including phenoxy) is 1. The second kappa shape index (κ2) is 8.26. The van der Waals surface area contributed by atoms with Gasteiger partial charge in [0.25, 0.3) is 5.91 Å². The average Bonchev–Trinajstić information content (AvgIpc) is 2.54. The van der Waals surface area contributed by atoms with Gasteiger partial charge in [0.1, 0.15) is 6.61 Å². The highest BCUT2D eigenvalue weighted by Crippen LogP contribution is 2.21. The molecule has 0 saturated heterocycles. The summed E-state index contributed by atoms with van der Waals surface area (Å²) in [6, 6.07) is 10.1. The predicted molar refractivity (Wildman–Crippen MR) is 87.4 cm³/mol. The number of carbonyl (C=O) groups is 2. The van der Waals surface area contributed by atoms with Crippen LogP contribution in [-0.4, -0.2) is 30.5 Å². The molecule has 0 unspecified atom stereocenters. The first-order valence-electron chi connectivity index (χ1n) is 6.86. The minimum atomic E-state index is -0.310. The maximum absolute atomic E-state index is 12.1. The maximum atomic E-state index is 12.1. The van der Waals surface area contributed by atoms with Crippen LogP contribution in [0.25, 0.3) is 0 Å². The standard InChI is InChI=1S/C16H16ClN3O3/c1-23-10-15(21)20-11-5-6-13(14(17)8-11)16(22)19-9-12-4-2-3-7-18-12/h2-8H,9-10H2,1H3,(H,19,22)(H,20,21). The van der Waals surface area contributed by atoms with Gasteiger partial charge in [-0.25, -0.2) is 0 Å². The number of nitrogens with zero attached hydrogens (tertiary/aromatic N) is 1. The maximum Gasteiger partial charge on any atom is 0.253 e. The monoisotopic (exact) mass is 333 g/mol. The Bertz CT molecular complexity index is 692. The summed E-state index contributed by atoms with van der Waals surface area (Å²) in [5, 5.41) is 5.61. The first-order chi connectivity index (χ1) is 11.1. The number of rotatable bonds is 6. The summed E-state index contributed by atoms with van der Waals surface area (Å²) in [6.45, 7) is 0.256. The number of aromatic nitrogens is 1. The molecule has 0 atom stereocenters. The molecular weight excluding hydrogens is 318 g/mol. The Morgan fingerprint density at radius 1 is 1.26 bits per heavy atom. The fourth-order valence-corrected chi connectivity index (χ4v) is 2.14. The summed E-state index contributed by atoms with van der Waals surface area (Å²) >= 11 is 6.11. The van der Waals surface area contributed by atoms with Gasteiger partial charge in [-0.1, -0.05) is 17.7 Å². The van der Waals surface area contributed by atoms with Gasteiger partial charge in [-0.15, -0.1) is 0 Å². The number of methoxy groups -OCH3 is 1. The number of amides is 2. The van der Waals surface area contributed by atoms with Crippen molar-refractivity contribution in [1.82, 2.24) is 10.3 Å². The average molecular weight is 334 g/mol. The van der Waals surface area contributed by atoms with Gasteiger partial charge in [-0.3, -0.25) is 14.6 Å². The molecule has 1 aromatic heterocycles. The molecular formula is C16H16ClN3O3. The van der Waals surface area contributed by atoms with Crippen molar-refractivity contribution < 1.29 is 14.3 Å². The van der Waals surface area contributed by atoms with Crippen LogP contribution < -0.4 is 10.6 Å². The Hall–Kier alpha value is -2.44. The largest absolute Gasteiger partial charge is 0.375 e. The van der Waals surface area contributed by atoms with E-state index in [1.165, 1.54) is 13.2 Å². The highest BCUT2D eigenvalue weighted by atomic mass is 35.5. The molecule has 2 amide bonds. The molecule has 2 aromatic rings. The van der Waals surface area contributed by atoms with Gasteiger partial charge in [-0.2, -0.15) is 0 Å². The molecule has 120 valence electrons. The Balaban J connectivity index is 1.99. The smallest absolute Gasteiger partial charge is 0.253 e. The van der Waals surface area contributed by atoms with Crippen molar-refractivity contribution in [3.63, 3.8) is 0 Å². The van der Waals surface area contributed by atoms with E-state index in [0.717, 1.165) is 5.69 Å². The molecule has 6 nitrogen and oxygen atoms in total. The van der Waals surface area contributed by atoms with Gasteiger partial charge in [0.2, 0.25) is 5.91 Å². The Kier molecular flexibility index (Phi) is 6.08. The molecule has 0 fully saturated rings. The molecule has 7 heteroatoms. The van der Waals surface area contributed by atoms with Crippen molar-refractivity contribution in [2.45, 2.75) is 6.54 Å². The van der Waals surface area contributed by atoms with E-state index >= 15 is 0 Å². The fraction of sp³-hybridized carbons (Fsp3) is 0.188. The first-order valence-corrected chi connectivity index (χ1v) is 7.24. The van der Waals surface area contributed by atoms with E-state index in [9.17, 15) is 9.59 Å². The quantitative estimate of drug-likeness (QED) is 0.849. The third-order valence-electron chi connectivity index (χ3n) is 2.93. The number of benzene rings is 1. The molecule has 23 heavy (non-hydrogen) atoms. The lowest BCUT2D eigenvalue weighted by Crippen LogP contribution is -2.23. The van der Waals surface area contributed by atoms with Crippen molar-refractivity contribution in [2.24, 2.45) is 0 Å². The zero-order valence-corrected chi connectivity index (χ0v) is 13.3. The van der Waals surface area contributed by atoms with Gasteiger partial charge in [0, 0.05) is 19.0 Å². The van der Waals surface area contributed by atoms with Crippen LogP contribution in [0.2, 0.25) is 5.02 Å². The van der Waals surface area contributed by atoms with Crippen LogP contribution in [0.4, 0.5) is 5.69 Å². The Labute approximate surface area is 138 Å². The van der Waals surface area contributed by atoms with E-state index in [0.29, 0.717) is 17.8 Å². The van der Waals surface area contributed by atoms with Gasteiger partial charge in [0.05, 0.1) is 22.8 Å². The van der Waals surface area contributed by atoms with Crippen LogP contribution in [0, 0.1) is 0 Å². The van der Waals surface area contributed by atoms with Crippen molar-refractivity contribution in [3.8, 4) is 0 Å². The van der Waals surface area contributed by atoms with Crippen LogP contribution in [-0.2, 0) is 16.1 Å². The minimum absolute atomic E-state index is 0.0517. The highest BCUT2D eigenvalue weighted by molar-refractivity contribution is 6.34. The summed E-state index contributed by atoms with van der Waals surface area (Å²) in [6.07, 6.45) is 1.66. The summed E-state index contributed by atoms with van der Waals surface area (Å²) in [5.41, 5.74) is 1.58. The lowest BCUT2D eigenvalue weighted by atomic mass is 10.2. The van der Waals surface area contributed by atoms with Crippen LogP contribution in [0.5, 0.6) is 0 Å². The number of hydrogen-bond acceptors (Lipinski definition) is 4. The molecule has 0 aliphatic heterocycles. The second-order valence-electron chi connectivity index (χ2n) is 4.68. The number of hydrogen-bond donors (Lipinski definition) is 2. The zero-order valence-electron chi connectivity index (χ0n) is 12.5. The summed E-state index contributed by atoms with van der Waals surface area (Å²) in [7, 11) is 1.43. The van der Waals surface area contributed by atoms with Gasteiger partial charge >= 0.3 is 0 Å². The SMILES string of the molecule is COCC(=O)Nc1ccc(C(=O)NCc2ccccn2)c(Cl)c1. The van der Waals surface area contributed by atoms with Gasteiger partial charge in [0.15, 0.2) is 0 Å². The second-order valence-corrected chi connectivity index (χ2v) is 5.09. The summed E-state index contributed by atoms with van der Waals surface area (Å²) in [4.78, 5) is 27.7. The van der Waals surface area contributed by atoms with Gasteiger partial charge in [-0.05, 0) is 30.3 Å². The van der Waals surface area contributed by atoms with Crippen LogP contribution >= 0.6 is 11.6 Å². The fourth-order valence-electron chi connectivity index (χ4n) is 1.87. The lowest BCUT2D eigenvalue weighted by molar-refractivity contribution is -0.119. The summed E-state index contributed by atoms with van der Waals surface area (Å²) < 4.78 is 4.73. The van der Waals surface area contributed by atoms with E-state index in [-0.39, 0.29) is 23.4 Å². The molecule has 0 spiro atoms. The molecule has 1 aromatic carbocycles. The first kappa shape index (κ1) is 16.9. The predicted octanol–water partition coefficient (Wildman–Crippen LogP) is 2.25.